The summed E-state index contributed by atoms with van der Waals surface area (Å²) in [6.45, 7) is 0. The van der Waals surface area contributed by atoms with Crippen molar-refractivity contribution in [1.82, 2.24) is 0 Å². The first-order valence-corrected chi connectivity index (χ1v) is 9.28. The zero-order valence-electron chi connectivity index (χ0n) is 16.7. The molecular formula is C23H18FNO6. The molecule has 8 heteroatoms. The van der Waals surface area contributed by atoms with Gasteiger partial charge in [0.25, 0.3) is 11.7 Å². The predicted octanol–water partition coefficient (Wildman–Crippen LogP) is 4.06. The van der Waals surface area contributed by atoms with Gasteiger partial charge >= 0.3 is 0 Å². The summed E-state index contributed by atoms with van der Waals surface area (Å²) >= 11 is 0. The predicted molar refractivity (Wildman–Crippen MR) is 109 cm³/mol. The Morgan fingerprint density at radius 2 is 1.81 bits per heavy atom. The van der Waals surface area contributed by atoms with Crippen LogP contribution in [-0.4, -0.2) is 31.0 Å². The number of halogens is 1. The van der Waals surface area contributed by atoms with Gasteiger partial charge in [-0.2, -0.15) is 0 Å². The first kappa shape index (κ1) is 20.2. The summed E-state index contributed by atoms with van der Waals surface area (Å²) < 4.78 is 29.8. The van der Waals surface area contributed by atoms with Crippen LogP contribution < -0.4 is 14.4 Å². The monoisotopic (exact) mass is 423 g/mol. The molecule has 1 aromatic heterocycles. The Morgan fingerprint density at radius 3 is 2.45 bits per heavy atom. The van der Waals surface area contributed by atoms with E-state index in [9.17, 15) is 19.1 Å². The Kier molecular flexibility index (Phi) is 5.21. The molecule has 4 rings (SSSR count). The molecule has 0 aliphatic carbocycles. The Labute approximate surface area is 176 Å². The normalized spacial score (nSPS) is 17.8. The fourth-order valence-electron chi connectivity index (χ4n) is 3.58. The number of ketones is 1. The number of nitrogens with zero attached hydrogens (tertiary/aromatic N) is 1. The van der Waals surface area contributed by atoms with Crippen molar-refractivity contribution in [3.63, 3.8) is 0 Å². The first-order chi connectivity index (χ1) is 15.0. The molecular weight excluding hydrogens is 405 g/mol. The van der Waals surface area contributed by atoms with Gasteiger partial charge < -0.3 is 19.0 Å². The SMILES string of the molecule is COc1ccc(/C(O)=C2/C(=O)C(=O)N(c3cccc(F)c3)C2c2ccco2)cc1OC. The zero-order valence-corrected chi connectivity index (χ0v) is 16.7. The molecule has 0 radical (unpaired) electrons. The van der Waals surface area contributed by atoms with Crippen LogP contribution in [0.3, 0.4) is 0 Å². The molecule has 1 amide bonds. The number of furan rings is 1. The lowest BCUT2D eigenvalue weighted by molar-refractivity contribution is -0.132. The first-order valence-electron chi connectivity index (χ1n) is 9.28. The second-order valence-corrected chi connectivity index (χ2v) is 6.73. The summed E-state index contributed by atoms with van der Waals surface area (Å²) in [5.41, 5.74) is 0.220. The van der Waals surface area contributed by atoms with Crippen molar-refractivity contribution in [1.29, 1.82) is 0 Å². The smallest absolute Gasteiger partial charge is 0.300 e. The maximum Gasteiger partial charge on any atom is 0.300 e. The number of carbonyl (C=O) groups excluding carboxylic acids is 2. The molecule has 158 valence electrons. The van der Waals surface area contributed by atoms with E-state index in [4.69, 9.17) is 13.9 Å². The minimum Gasteiger partial charge on any atom is -0.507 e. The minimum absolute atomic E-state index is 0.162. The van der Waals surface area contributed by atoms with Crippen molar-refractivity contribution < 1.29 is 33.0 Å². The van der Waals surface area contributed by atoms with Crippen LogP contribution >= 0.6 is 0 Å². The van der Waals surface area contributed by atoms with Crippen LogP contribution in [-0.2, 0) is 9.59 Å². The fraction of sp³-hybridized carbons (Fsp3) is 0.130. The van der Waals surface area contributed by atoms with Crippen LogP contribution in [0.15, 0.2) is 70.9 Å². The molecule has 1 saturated heterocycles. The van der Waals surface area contributed by atoms with Crippen molar-refractivity contribution in [3.05, 3.63) is 83.6 Å². The largest absolute Gasteiger partial charge is 0.507 e. The van der Waals surface area contributed by atoms with E-state index in [0.29, 0.717) is 11.5 Å². The highest BCUT2D eigenvalue weighted by Gasteiger charge is 2.48. The van der Waals surface area contributed by atoms with E-state index in [1.807, 2.05) is 0 Å². The molecule has 0 saturated carbocycles. The molecule has 7 nitrogen and oxygen atoms in total. The van der Waals surface area contributed by atoms with E-state index in [1.165, 1.54) is 50.8 Å². The van der Waals surface area contributed by atoms with Gasteiger partial charge in [0.2, 0.25) is 0 Å². The van der Waals surface area contributed by atoms with Gasteiger partial charge in [0.15, 0.2) is 11.5 Å². The molecule has 3 aromatic rings. The third-order valence-corrected chi connectivity index (χ3v) is 5.00. The van der Waals surface area contributed by atoms with Gasteiger partial charge in [0.05, 0.1) is 26.1 Å². The van der Waals surface area contributed by atoms with Gasteiger partial charge in [-0.15, -0.1) is 0 Å². The Balaban J connectivity index is 1.91. The number of aliphatic hydroxyl groups is 1. The molecule has 1 aliphatic heterocycles. The molecule has 1 atom stereocenters. The van der Waals surface area contributed by atoms with Gasteiger partial charge in [-0.1, -0.05) is 6.07 Å². The maximum atomic E-state index is 13.9. The molecule has 1 unspecified atom stereocenters. The van der Waals surface area contributed by atoms with Gasteiger partial charge in [-0.25, -0.2) is 4.39 Å². The third-order valence-electron chi connectivity index (χ3n) is 5.00. The topological polar surface area (TPSA) is 89.2 Å². The molecule has 31 heavy (non-hydrogen) atoms. The number of hydrogen-bond acceptors (Lipinski definition) is 6. The van der Waals surface area contributed by atoms with Crippen molar-refractivity contribution in [2.75, 3.05) is 19.1 Å². The maximum absolute atomic E-state index is 13.9. The van der Waals surface area contributed by atoms with Gasteiger partial charge in [0, 0.05) is 11.3 Å². The number of benzene rings is 2. The fourth-order valence-corrected chi connectivity index (χ4v) is 3.58. The van der Waals surface area contributed by atoms with E-state index >= 15 is 0 Å². The van der Waals surface area contributed by atoms with E-state index in [1.54, 1.807) is 18.2 Å². The van der Waals surface area contributed by atoms with Crippen molar-refractivity contribution in [3.8, 4) is 11.5 Å². The van der Waals surface area contributed by atoms with E-state index in [2.05, 4.69) is 0 Å². The summed E-state index contributed by atoms with van der Waals surface area (Å²) in [7, 11) is 2.91. The van der Waals surface area contributed by atoms with Crippen LogP contribution in [0.1, 0.15) is 17.4 Å². The number of aliphatic hydroxyl groups excluding tert-OH is 1. The lowest BCUT2D eigenvalue weighted by atomic mass is 9.99. The third kappa shape index (κ3) is 3.42. The van der Waals surface area contributed by atoms with Gasteiger partial charge in [0.1, 0.15) is 23.4 Å². The van der Waals surface area contributed by atoms with Crippen LogP contribution in [0.4, 0.5) is 10.1 Å². The molecule has 1 N–H and O–H groups in total. The standard InChI is InChI=1S/C23H18FNO6/c1-29-16-9-8-13(11-18(16)30-2)21(26)19-20(17-7-4-10-31-17)25(23(28)22(19)27)15-6-3-5-14(24)12-15/h3-12,20,26H,1-2H3/b21-19-. The summed E-state index contributed by atoms with van der Waals surface area (Å²) in [6.07, 6.45) is 1.39. The number of rotatable bonds is 5. The number of methoxy groups -OCH3 is 2. The summed E-state index contributed by atoms with van der Waals surface area (Å²) in [6, 6.07) is 12.0. The summed E-state index contributed by atoms with van der Waals surface area (Å²) in [5, 5.41) is 11.0. The highest BCUT2D eigenvalue weighted by atomic mass is 19.1. The van der Waals surface area contributed by atoms with E-state index in [0.717, 1.165) is 11.0 Å². The average Bonchev–Trinajstić information content (AvgIpc) is 3.39. The van der Waals surface area contributed by atoms with Crippen molar-refractivity contribution in [2.45, 2.75) is 6.04 Å². The lowest BCUT2D eigenvalue weighted by Gasteiger charge is -2.23. The molecule has 2 heterocycles. The zero-order chi connectivity index (χ0) is 22.1. The summed E-state index contributed by atoms with van der Waals surface area (Å²) in [4.78, 5) is 27.0. The van der Waals surface area contributed by atoms with Gasteiger partial charge in [-0.3, -0.25) is 14.5 Å². The van der Waals surface area contributed by atoms with Crippen LogP contribution in [0.2, 0.25) is 0 Å². The van der Waals surface area contributed by atoms with E-state index < -0.39 is 29.3 Å². The van der Waals surface area contributed by atoms with Crippen LogP contribution in [0, 0.1) is 5.82 Å². The Hall–Kier alpha value is -4.07. The molecule has 2 aromatic carbocycles. The highest BCUT2D eigenvalue weighted by molar-refractivity contribution is 6.51. The molecule has 1 fully saturated rings. The summed E-state index contributed by atoms with van der Waals surface area (Å²) in [5.74, 6) is -1.81. The lowest BCUT2D eigenvalue weighted by Crippen LogP contribution is -2.29. The highest BCUT2D eigenvalue weighted by Crippen LogP contribution is 2.43. The molecule has 0 spiro atoms. The quantitative estimate of drug-likeness (QED) is 0.378. The molecule has 1 aliphatic rings. The second-order valence-electron chi connectivity index (χ2n) is 6.73. The Bertz CT molecular complexity index is 1180. The van der Waals surface area contributed by atoms with Crippen LogP contribution in [0.25, 0.3) is 5.76 Å². The molecule has 0 bridgehead atoms. The van der Waals surface area contributed by atoms with Crippen molar-refractivity contribution >= 4 is 23.1 Å². The number of ether oxygens (including phenoxy) is 2. The number of anilines is 1. The number of carbonyl (C=O) groups is 2. The minimum atomic E-state index is -1.08. The Morgan fingerprint density at radius 1 is 1.03 bits per heavy atom. The van der Waals surface area contributed by atoms with Crippen LogP contribution in [0.5, 0.6) is 11.5 Å². The van der Waals surface area contributed by atoms with Crippen molar-refractivity contribution in [2.24, 2.45) is 0 Å². The van der Waals surface area contributed by atoms with Gasteiger partial charge in [-0.05, 0) is 48.5 Å². The average molecular weight is 423 g/mol. The number of hydrogen-bond donors (Lipinski definition) is 1. The number of Topliss-reactive ketones (excluding diaryl/α,β-unsaturated/α-hetero) is 1. The second kappa shape index (κ2) is 7.98. The number of amides is 1. The van der Waals surface area contributed by atoms with E-state index in [-0.39, 0.29) is 22.6 Å².